The van der Waals surface area contributed by atoms with Crippen LogP contribution in [0.5, 0.6) is 0 Å². The highest BCUT2D eigenvalue weighted by atomic mass is 16.3. The van der Waals surface area contributed by atoms with Crippen LogP contribution in [0.4, 0.5) is 0 Å². The molecule has 3 aromatic rings. The lowest BCUT2D eigenvalue weighted by molar-refractivity contribution is -0.140. The molecule has 0 unspecified atom stereocenters. The number of nitrogens with one attached hydrogen (secondary N) is 1. The average molecular weight is 393 g/mol. The molecule has 2 heterocycles. The third-order valence-corrected chi connectivity index (χ3v) is 6.15. The van der Waals surface area contributed by atoms with Crippen LogP contribution in [0.3, 0.4) is 0 Å². The number of H-pyrrole nitrogens is 1. The quantitative estimate of drug-likeness (QED) is 0.715. The second-order valence-corrected chi connectivity index (χ2v) is 8.14. The van der Waals surface area contributed by atoms with Crippen molar-refractivity contribution in [1.82, 2.24) is 19.8 Å². The number of benzene rings is 2. The predicted molar refractivity (Wildman–Crippen MR) is 114 cm³/mol. The van der Waals surface area contributed by atoms with Crippen molar-refractivity contribution in [3.05, 3.63) is 65.5 Å². The number of rotatable bonds is 4. The van der Waals surface area contributed by atoms with Crippen molar-refractivity contribution >= 4 is 16.9 Å². The van der Waals surface area contributed by atoms with E-state index in [1.807, 2.05) is 57.4 Å². The topological polar surface area (TPSA) is 72.5 Å². The molecular formula is C23H28N4O2. The van der Waals surface area contributed by atoms with E-state index in [0.29, 0.717) is 25.9 Å². The number of carbonyl (C=O) groups excluding carboxylic acids is 1. The number of nitrogens with zero attached hydrogens (tertiary/aromatic N) is 3. The van der Waals surface area contributed by atoms with Crippen molar-refractivity contribution in [2.24, 2.45) is 0 Å². The summed E-state index contributed by atoms with van der Waals surface area (Å²) in [6.07, 6.45) is 0.354. The molecule has 0 saturated carbocycles. The molecule has 4 rings (SSSR count). The lowest BCUT2D eigenvalue weighted by Gasteiger charge is -2.49. The fourth-order valence-corrected chi connectivity index (χ4v) is 4.57. The monoisotopic (exact) mass is 392 g/mol. The van der Waals surface area contributed by atoms with Crippen molar-refractivity contribution in [3.63, 3.8) is 0 Å². The Morgan fingerprint density at radius 1 is 1.28 bits per heavy atom. The van der Waals surface area contributed by atoms with Gasteiger partial charge in [-0.05, 0) is 50.7 Å². The first kappa shape index (κ1) is 19.6. The second-order valence-electron chi connectivity index (χ2n) is 8.14. The van der Waals surface area contributed by atoms with Gasteiger partial charge in [0.25, 0.3) is 0 Å². The number of aromatic amines is 1. The van der Waals surface area contributed by atoms with E-state index in [1.54, 1.807) is 4.90 Å². The molecule has 1 amide bonds. The molecule has 2 N–H and O–H groups in total. The molecule has 2 atom stereocenters. The molecule has 1 saturated heterocycles. The first-order chi connectivity index (χ1) is 13.9. The van der Waals surface area contributed by atoms with E-state index in [2.05, 4.69) is 27.0 Å². The van der Waals surface area contributed by atoms with E-state index < -0.39 is 11.6 Å². The minimum atomic E-state index is -0.657. The van der Waals surface area contributed by atoms with Crippen LogP contribution in [-0.2, 0) is 16.8 Å². The Bertz CT molecular complexity index is 1010. The molecule has 1 fully saturated rings. The molecule has 0 aliphatic carbocycles. The van der Waals surface area contributed by atoms with Gasteiger partial charge in [-0.1, -0.05) is 36.4 Å². The maximum absolute atomic E-state index is 12.9. The van der Waals surface area contributed by atoms with Crippen molar-refractivity contribution in [2.45, 2.75) is 31.4 Å². The predicted octanol–water partition coefficient (Wildman–Crippen LogP) is 2.46. The molecule has 0 spiro atoms. The van der Waals surface area contributed by atoms with Gasteiger partial charge in [-0.25, -0.2) is 4.98 Å². The first-order valence-electron chi connectivity index (χ1n) is 10.0. The summed E-state index contributed by atoms with van der Waals surface area (Å²) in [6, 6.07) is 16.0. The Morgan fingerprint density at radius 2 is 2.03 bits per heavy atom. The number of aromatic nitrogens is 2. The summed E-state index contributed by atoms with van der Waals surface area (Å²) in [5, 5.41) is 11.1. The smallest absolute Gasteiger partial charge is 0.227 e. The van der Waals surface area contributed by atoms with Crippen LogP contribution in [0, 0.1) is 6.92 Å². The zero-order chi connectivity index (χ0) is 20.6. The number of hydrogen-bond acceptors (Lipinski definition) is 4. The summed E-state index contributed by atoms with van der Waals surface area (Å²) in [7, 11) is 3.99. The molecule has 1 aromatic heterocycles. The minimum Gasteiger partial charge on any atom is -0.389 e. The van der Waals surface area contributed by atoms with Gasteiger partial charge in [0, 0.05) is 13.1 Å². The fourth-order valence-electron chi connectivity index (χ4n) is 4.57. The number of piperidine rings is 1. The number of likely N-dealkylation sites (N-methyl/N-ethyl adjacent to an activating group) is 1. The summed E-state index contributed by atoms with van der Waals surface area (Å²) >= 11 is 0. The Balaban J connectivity index is 1.50. The second kappa shape index (κ2) is 7.61. The first-order valence-corrected chi connectivity index (χ1v) is 10.0. The average Bonchev–Trinajstić information content (AvgIpc) is 3.07. The van der Waals surface area contributed by atoms with Gasteiger partial charge in [-0.3, -0.25) is 9.69 Å². The van der Waals surface area contributed by atoms with Crippen LogP contribution in [0.25, 0.3) is 11.0 Å². The van der Waals surface area contributed by atoms with Gasteiger partial charge in [0.2, 0.25) is 5.91 Å². The van der Waals surface area contributed by atoms with E-state index in [-0.39, 0.29) is 5.91 Å². The van der Waals surface area contributed by atoms with Crippen LogP contribution < -0.4 is 0 Å². The Morgan fingerprint density at radius 3 is 2.72 bits per heavy atom. The summed E-state index contributed by atoms with van der Waals surface area (Å²) in [6.45, 7) is 2.87. The SMILES string of the molecule is Cc1nc2ccc(CC(=O)N3CC[C@@](c4ccccc4)(N(C)C)[C@H](O)C3)cc2[nH]1. The van der Waals surface area contributed by atoms with E-state index >= 15 is 0 Å². The number of amides is 1. The zero-order valence-electron chi connectivity index (χ0n) is 17.2. The van der Waals surface area contributed by atoms with Gasteiger partial charge in [0.1, 0.15) is 5.82 Å². The number of aryl methyl sites for hydroxylation is 1. The standard InChI is InChI=1S/C23H28N4O2/c1-16-24-19-10-9-17(13-20(19)25-16)14-22(29)27-12-11-23(26(2)3,21(28)15-27)18-7-5-4-6-8-18/h4-10,13,21,28H,11-12,14-15H2,1-3H3,(H,24,25)/t21-,23+/m1/s1. The summed E-state index contributed by atoms with van der Waals surface area (Å²) in [4.78, 5) is 24.4. The van der Waals surface area contributed by atoms with E-state index in [4.69, 9.17) is 0 Å². The van der Waals surface area contributed by atoms with Crippen LogP contribution in [-0.4, -0.2) is 64.1 Å². The van der Waals surface area contributed by atoms with Gasteiger partial charge in [0.15, 0.2) is 0 Å². The molecule has 29 heavy (non-hydrogen) atoms. The molecule has 152 valence electrons. The molecular weight excluding hydrogens is 364 g/mol. The number of aliphatic hydroxyl groups excluding tert-OH is 1. The molecule has 1 aliphatic heterocycles. The van der Waals surface area contributed by atoms with Gasteiger partial charge < -0.3 is 15.0 Å². The van der Waals surface area contributed by atoms with Crippen LogP contribution in [0.2, 0.25) is 0 Å². The van der Waals surface area contributed by atoms with Gasteiger partial charge in [-0.2, -0.15) is 0 Å². The minimum absolute atomic E-state index is 0.0417. The highest BCUT2D eigenvalue weighted by molar-refractivity contribution is 5.82. The number of likely N-dealkylation sites (tertiary alicyclic amines) is 1. The van der Waals surface area contributed by atoms with Crippen LogP contribution in [0.1, 0.15) is 23.4 Å². The molecule has 1 aliphatic rings. The molecule has 2 aromatic carbocycles. The maximum atomic E-state index is 12.9. The lowest BCUT2D eigenvalue weighted by Crippen LogP contribution is -2.61. The van der Waals surface area contributed by atoms with Gasteiger partial charge in [0.05, 0.1) is 29.1 Å². The fraction of sp³-hybridized carbons (Fsp3) is 0.391. The van der Waals surface area contributed by atoms with Crippen molar-refractivity contribution < 1.29 is 9.90 Å². The van der Waals surface area contributed by atoms with Gasteiger partial charge >= 0.3 is 0 Å². The molecule has 6 heteroatoms. The Labute approximate surface area is 171 Å². The summed E-state index contributed by atoms with van der Waals surface area (Å²) < 4.78 is 0. The van der Waals surface area contributed by atoms with Crippen LogP contribution >= 0.6 is 0 Å². The van der Waals surface area contributed by atoms with Crippen LogP contribution in [0.15, 0.2) is 48.5 Å². The molecule has 0 bridgehead atoms. The molecule has 6 nitrogen and oxygen atoms in total. The zero-order valence-corrected chi connectivity index (χ0v) is 17.2. The normalized spacial score (nSPS) is 22.4. The maximum Gasteiger partial charge on any atom is 0.227 e. The summed E-state index contributed by atoms with van der Waals surface area (Å²) in [5.74, 6) is 0.906. The number of hydrogen-bond donors (Lipinski definition) is 2. The number of imidazole rings is 1. The van der Waals surface area contributed by atoms with Crippen molar-refractivity contribution in [2.75, 3.05) is 27.2 Å². The number of fused-ring (bicyclic) bond motifs is 1. The van der Waals surface area contributed by atoms with Gasteiger partial charge in [-0.15, -0.1) is 0 Å². The molecule has 0 radical (unpaired) electrons. The summed E-state index contributed by atoms with van der Waals surface area (Å²) in [5.41, 5.74) is 3.41. The van der Waals surface area contributed by atoms with E-state index in [9.17, 15) is 9.90 Å². The Hall–Kier alpha value is -2.70. The highest BCUT2D eigenvalue weighted by Crippen LogP contribution is 2.37. The highest BCUT2D eigenvalue weighted by Gasteiger charge is 2.46. The van der Waals surface area contributed by atoms with E-state index in [1.165, 1.54) is 0 Å². The Kier molecular flexibility index (Phi) is 5.15. The number of β-amino-alcohol motifs (C(OH)–C–C–N with tert-alkyl or cyclic N) is 1. The number of aliphatic hydroxyl groups is 1. The number of carbonyl (C=O) groups is 1. The third-order valence-electron chi connectivity index (χ3n) is 6.15. The van der Waals surface area contributed by atoms with Crippen molar-refractivity contribution in [1.29, 1.82) is 0 Å². The lowest BCUT2D eigenvalue weighted by atomic mass is 9.77. The largest absolute Gasteiger partial charge is 0.389 e. The van der Waals surface area contributed by atoms with Crippen molar-refractivity contribution in [3.8, 4) is 0 Å². The van der Waals surface area contributed by atoms with E-state index in [0.717, 1.165) is 28.0 Å². The third kappa shape index (κ3) is 3.54.